The number of rotatable bonds is 1. The summed E-state index contributed by atoms with van der Waals surface area (Å²) in [5.41, 5.74) is 4.96. The highest BCUT2D eigenvalue weighted by Gasteiger charge is 2.24. The molecule has 0 N–H and O–H groups in total. The van der Waals surface area contributed by atoms with Gasteiger partial charge in [-0.05, 0) is 24.1 Å². The van der Waals surface area contributed by atoms with Gasteiger partial charge < -0.3 is 0 Å². The lowest BCUT2D eigenvalue weighted by atomic mass is 9.89. The summed E-state index contributed by atoms with van der Waals surface area (Å²) in [6.45, 7) is 2.11. The van der Waals surface area contributed by atoms with Gasteiger partial charge in [0.1, 0.15) is 0 Å². The second-order valence-electron chi connectivity index (χ2n) is 4.16. The topological polar surface area (TPSA) is 12.4 Å². The van der Waals surface area contributed by atoms with Crippen molar-refractivity contribution in [2.24, 2.45) is 4.99 Å². The van der Waals surface area contributed by atoms with Crippen LogP contribution >= 0.6 is 0 Å². The van der Waals surface area contributed by atoms with Gasteiger partial charge in [-0.1, -0.05) is 48.5 Å². The Labute approximate surface area is 95.5 Å². The van der Waals surface area contributed by atoms with E-state index in [1.165, 1.54) is 16.8 Å². The van der Waals surface area contributed by atoms with Gasteiger partial charge in [-0.15, -0.1) is 0 Å². The molecule has 1 unspecified atom stereocenters. The van der Waals surface area contributed by atoms with E-state index >= 15 is 0 Å². The molecule has 0 aromatic heterocycles. The third kappa shape index (κ3) is 1.36. The summed E-state index contributed by atoms with van der Waals surface area (Å²) in [6.07, 6.45) is 0. The minimum absolute atomic E-state index is 0.345. The van der Waals surface area contributed by atoms with Crippen LogP contribution in [0.5, 0.6) is 0 Å². The highest BCUT2D eigenvalue weighted by atomic mass is 14.8. The monoisotopic (exact) mass is 207 g/mol. The maximum atomic E-state index is 4.63. The fraction of sp³-hybridized carbons (Fsp3) is 0.133. The van der Waals surface area contributed by atoms with Crippen molar-refractivity contribution in [1.82, 2.24) is 0 Å². The third-order valence-electron chi connectivity index (χ3n) is 3.10. The SMILES string of the molecule is CC1=Nc2ccccc2C1c1ccccc1. The zero-order valence-corrected chi connectivity index (χ0v) is 9.22. The van der Waals surface area contributed by atoms with Crippen molar-refractivity contribution >= 4 is 11.4 Å². The molecule has 1 aliphatic heterocycles. The Bertz CT molecular complexity index is 540. The maximum Gasteiger partial charge on any atom is 0.0671 e. The lowest BCUT2D eigenvalue weighted by molar-refractivity contribution is 1.11. The normalized spacial score (nSPS) is 18.1. The van der Waals surface area contributed by atoms with Crippen LogP contribution in [0, 0.1) is 0 Å². The van der Waals surface area contributed by atoms with Crippen LogP contribution in [-0.2, 0) is 0 Å². The fourth-order valence-electron chi connectivity index (χ4n) is 2.38. The summed E-state index contributed by atoms with van der Waals surface area (Å²) in [4.78, 5) is 4.63. The van der Waals surface area contributed by atoms with E-state index in [9.17, 15) is 0 Å². The average Bonchev–Trinajstić information content (AvgIpc) is 2.66. The average molecular weight is 207 g/mol. The van der Waals surface area contributed by atoms with Crippen LogP contribution in [0.4, 0.5) is 5.69 Å². The molecule has 1 atom stereocenters. The van der Waals surface area contributed by atoms with Gasteiger partial charge in [-0.25, -0.2) is 0 Å². The van der Waals surface area contributed by atoms with Crippen LogP contribution in [0.3, 0.4) is 0 Å². The molecule has 1 aliphatic rings. The maximum absolute atomic E-state index is 4.63. The quantitative estimate of drug-likeness (QED) is 0.672. The van der Waals surface area contributed by atoms with Crippen molar-refractivity contribution in [2.75, 3.05) is 0 Å². The van der Waals surface area contributed by atoms with E-state index in [2.05, 4.69) is 60.4 Å². The van der Waals surface area contributed by atoms with E-state index in [1.807, 2.05) is 6.07 Å². The van der Waals surface area contributed by atoms with Crippen molar-refractivity contribution in [3.63, 3.8) is 0 Å². The first-order chi connectivity index (χ1) is 7.86. The molecule has 16 heavy (non-hydrogen) atoms. The first-order valence-electron chi connectivity index (χ1n) is 5.55. The van der Waals surface area contributed by atoms with Crippen LogP contribution in [0.1, 0.15) is 24.0 Å². The van der Waals surface area contributed by atoms with Crippen molar-refractivity contribution in [1.29, 1.82) is 0 Å². The molecule has 0 bridgehead atoms. The largest absolute Gasteiger partial charge is 0.257 e. The molecule has 2 aromatic rings. The van der Waals surface area contributed by atoms with E-state index < -0.39 is 0 Å². The molecule has 1 nitrogen and oxygen atoms in total. The van der Waals surface area contributed by atoms with Crippen LogP contribution in [0.25, 0.3) is 0 Å². The Kier molecular flexibility index (Phi) is 2.10. The predicted octanol–water partition coefficient (Wildman–Crippen LogP) is 3.92. The molecule has 0 aliphatic carbocycles. The summed E-state index contributed by atoms with van der Waals surface area (Å²) in [6, 6.07) is 19.0. The summed E-state index contributed by atoms with van der Waals surface area (Å²) < 4.78 is 0. The van der Waals surface area contributed by atoms with Crippen molar-refractivity contribution in [2.45, 2.75) is 12.8 Å². The fourth-order valence-corrected chi connectivity index (χ4v) is 2.38. The van der Waals surface area contributed by atoms with Crippen molar-refractivity contribution in [3.8, 4) is 0 Å². The highest BCUT2D eigenvalue weighted by molar-refractivity contribution is 5.98. The van der Waals surface area contributed by atoms with Crippen LogP contribution < -0.4 is 0 Å². The second-order valence-corrected chi connectivity index (χ2v) is 4.16. The smallest absolute Gasteiger partial charge is 0.0671 e. The zero-order chi connectivity index (χ0) is 11.0. The van der Waals surface area contributed by atoms with Gasteiger partial charge in [0.2, 0.25) is 0 Å². The van der Waals surface area contributed by atoms with Gasteiger partial charge in [0.15, 0.2) is 0 Å². The molecule has 2 aromatic carbocycles. The number of hydrogen-bond acceptors (Lipinski definition) is 1. The highest BCUT2D eigenvalue weighted by Crippen LogP contribution is 2.38. The molecule has 3 rings (SSSR count). The number of para-hydroxylation sites is 1. The van der Waals surface area contributed by atoms with Gasteiger partial charge in [-0.3, -0.25) is 4.99 Å². The van der Waals surface area contributed by atoms with Crippen molar-refractivity contribution in [3.05, 3.63) is 65.7 Å². The number of hydrogen-bond donors (Lipinski definition) is 0. The van der Waals surface area contributed by atoms with Crippen molar-refractivity contribution < 1.29 is 0 Å². The Hall–Kier alpha value is -1.89. The molecule has 1 heteroatoms. The van der Waals surface area contributed by atoms with Gasteiger partial charge in [0.25, 0.3) is 0 Å². The summed E-state index contributed by atoms with van der Waals surface area (Å²) in [7, 11) is 0. The van der Waals surface area contributed by atoms with Crippen LogP contribution in [0.2, 0.25) is 0 Å². The summed E-state index contributed by atoms with van der Waals surface area (Å²) in [5.74, 6) is 0.345. The molecule has 0 fully saturated rings. The lowest BCUT2D eigenvalue weighted by Gasteiger charge is -2.12. The van der Waals surface area contributed by atoms with Gasteiger partial charge in [0, 0.05) is 11.6 Å². The molecule has 0 saturated heterocycles. The van der Waals surface area contributed by atoms with Gasteiger partial charge in [0.05, 0.1) is 5.69 Å². The molecule has 78 valence electrons. The second kappa shape index (κ2) is 3.60. The lowest BCUT2D eigenvalue weighted by Crippen LogP contribution is -2.05. The first-order valence-corrected chi connectivity index (χ1v) is 5.55. The molecule has 1 heterocycles. The Morgan fingerprint density at radius 2 is 1.56 bits per heavy atom. The van der Waals surface area contributed by atoms with E-state index in [-0.39, 0.29) is 0 Å². The Balaban J connectivity index is 2.14. The Morgan fingerprint density at radius 3 is 2.38 bits per heavy atom. The van der Waals surface area contributed by atoms with E-state index in [0.717, 1.165) is 5.69 Å². The van der Waals surface area contributed by atoms with E-state index in [1.54, 1.807) is 0 Å². The molecule has 0 radical (unpaired) electrons. The Morgan fingerprint density at radius 1 is 0.875 bits per heavy atom. The van der Waals surface area contributed by atoms with E-state index in [4.69, 9.17) is 0 Å². The molecule has 0 amide bonds. The number of benzene rings is 2. The van der Waals surface area contributed by atoms with E-state index in [0.29, 0.717) is 5.92 Å². The number of nitrogens with zero attached hydrogens (tertiary/aromatic N) is 1. The summed E-state index contributed by atoms with van der Waals surface area (Å²) in [5, 5.41) is 0. The standard InChI is InChI=1S/C15H13N/c1-11-15(12-7-3-2-4-8-12)13-9-5-6-10-14(13)16-11/h2-10,15H,1H3. The number of aliphatic imine (C=N–C) groups is 1. The molecule has 0 spiro atoms. The molecular weight excluding hydrogens is 194 g/mol. The number of fused-ring (bicyclic) bond motifs is 1. The summed E-state index contributed by atoms with van der Waals surface area (Å²) >= 11 is 0. The third-order valence-corrected chi connectivity index (χ3v) is 3.10. The molecular formula is C15H13N. The van der Waals surface area contributed by atoms with Crippen LogP contribution in [-0.4, -0.2) is 5.71 Å². The van der Waals surface area contributed by atoms with Gasteiger partial charge >= 0.3 is 0 Å². The van der Waals surface area contributed by atoms with Crippen LogP contribution in [0.15, 0.2) is 59.6 Å². The minimum atomic E-state index is 0.345. The first kappa shape index (κ1) is 9.34. The zero-order valence-electron chi connectivity index (χ0n) is 9.22. The molecule has 0 saturated carbocycles. The van der Waals surface area contributed by atoms with Gasteiger partial charge in [-0.2, -0.15) is 0 Å². The predicted molar refractivity (Wildman–Crippen MR) is 67.5 cm³/mol. The minimum Gasteiger partial charge on any atom is -0.257 e.